The number of fused-ring (bicyclic) bond motifs is 9. The lowest BCUT2D eigenvalue weighted by molar-refractivity contribution is 0.443. The Hall–Kier alpha value is -7.22. The second-order valence-electron chi connectivity index (χ2n) is 21.0. The highest BCUT2D eigenvalue weighted by Crippen LogP contribution is 2.60. The number of hydrogen-bond acceptors (Lipinski definition) is 1. The third kappa shape index (κ3) is 5.87. The van der Waals surface area contributed by atoms with E-state index in [2.05, 4.69) is 239 Å². The zero-order valence-electron chi connectivity index (χ0n) is 39.7. The Morgan fingerprint density at radius 1 is 0.353 bits per heavy atom. The number of nitrogens with zero attached hydrogens (tertiary/aromatic N) is 1. The summed E-state index contributed by atoms with van der Waals surface area (Å²) in [5.74, 6) is 0.640. The third-order valence-electron chi connectivity index (χ3n) is 16.7. The van der Waals surface area contributed by atoms with Crippen molar-refractivity contribution in [3.63, 3.8) is 0 Å². The minimum atomic E-state index is -0.494. The van der Waals surface area contributed by atoms with E-state index in [0.717, 1.165) is 5.69 Å². The summed E-state index contributed by atoms with van der Waals surface area (Å²) in [4.78, 5) is 2.54. The fourth-order valence-electron chi connectivity index (χ4n) is 13.6. The Labute approximate surface area is 402 Å². The van der Waals surface area contributed by atoms with Gasteiger partial charge in [-0.1, -0.05) is 217 Å². The van der Waals surface area contributed by atoms with Gasteiger partial charge in [-0.15, -0.1) is 0 Å². The summed E-state index contributed by atoms with van der Waals surface area (Å²) in [6.07, 6.45) is 6.58. The Kier molecular flexibility index (Phi) is 9.29. The summed E-state index contributed by atoms with van der Waals surface area (Å²) in [6, 6.07) is 78.8. The van der Waals surface area contributed by atoms with Crippen LogP contribution in [0.2, 0.25) is 0 Å². The van der Waals surface area contributed by atoms with Gasteiger partial charge in [-0.2, -0.15) is 0 Å². The molecule has 1 fully saturated rings. The smallest absolute Gasteiger partial charge is 0.0714 e. The van der Waals surface area contributed by atoms with E-state index >= 15 is 0 Å². The normalized spacial score (nSPS) is 16.5. The number of hydrogen-bond donors (Lipinski definition) is 0. The van der Waals surface area contributed by atoms with Crippen LogP contribution in [0.5, 0.6) is 0 Å². The average Bonchev–Trinajstić information content (AvgIpc) is 3.92. The zero-order valence-corrected chi connectivity index (χ0v) is 39.7. The standard InChI is InChI=1S/C67H57N/c1-65(2)58-31-16-15-27-57(58)63-54(28-19-33-60(63)65)56-30-18-29-55-53-41-39-49(42-61(53)66(3,4)64(55)56)68(48-36-34-45(35-37-48)44-20-8-5-9-21-44)50-38-40-52-51-26-14-17-32-59(51)67(62(52)43-50,46-22-10-6-11-23-46)47-24-12-7-13-25-47/h6-7,10-19,22-44H,5,8-9,20-21H2,1-4H3. The van der Waals surface area contributed by atoms with E-state index in [4.69, 9.17) is 0 Å². The Bertz CT molecular complexity index is 3380. The lowest BCUT2D eigenvalue weighted by atomic mass is 9.67. The lowest BCUT2D eigenvalue weighted by Gasteiger charge is -2.35. The molecule has 0 heterocycles. The highest BCUT2D eigenvalue weighted by Gasteiger charge is 2.47. The minimum Gasteiger partial charge on any atom is -0.310 e. The molecule has 330 valence electrons. The summed E-state index contributed by atoms with van der Waals surface area (Å²) < 4.78 is 0. The highest BCUT2D eigenvalue weighted by molar-refractivity contribution is 5.98. The van der Waals surface area contributed by atoms with Crippen molar-refractivity contribution in [3.8, 4) is 44.5 Å². The van der Waals surface area contributed by atoms with Crippen molar-refractivity contribution >= 4 is 17.1 Å². The van der Waals surface area contributed by atoms with Crippen molar-refractivity contribution in [1.82, 2.24) is 0 Å². The molecule has 0 amide bonds. The molecule has 0 unspecified atom stereocenters. The molecule has 0 N–H and O–H groups in total. The van der Waals surface area contributed by atoms with Crippen molar-refractivity contribution in [2.24, 2.45) is 0 Å². The molecule has 0 aromatic heterocycles. The van der Waals surface area contributed by atoms with Crippen LogP contribution in [0.1, 0.15) is 116 Å². The summed E-state index contributed by atoms with van der Waals surface area (Å²) in [6.45, 7) is 9.68. The topological polar surface area (TPSA) is 3.24 Å². The van der Waals surface area contributed by atoms with E-state index in [0.29, 0.717) is 5.92 Å². The Morgan fingerprint density at radius 2 is 0.838 bits per heavy atom. The molecule has 9 aromatic rings. The van der Waals surface area contributed by atoms with Gasteiger partial charge >= 0.3 is 0 Å². The monoisotopic (exact) mass is 875 g/mol. The van der Waals surface area contributed by atoms with Crippen LogP contribution in [0.4, 0.5) is 17.1 Å². The summed E-state index contributed by atoms with van der Waals surface area (Å²) >= 11 is 0. The minimum absolute atomic E-state index is 0.0620. The van der Waals surface area contributed by atoms with Crippen molar-refractivity contribution in [2.45, 2.75) is 82.0 Å². The first-order valence-corrected chi connectivity index (χ1v) is 25.0. The van der Waals surface area contributed by atoms with Crippen LogP contribution in [0, 0.1) is 0 Å². The molecule has 13 rings (SSSR count). The van der Waals surface area contributed by atoms with Crippen LogP contribution >= 0.6 is 0 Å². The van der Waals surface area contributed by atoms with E-state index in [1.54, 1.807) is 0 Å². The zero-order chi connectivity index (χ0) is 45.8. The molecular formula is C67H57N. The Balaban J connectivity index is 0.994. The molecule has 0 aliphatic heterocycles. The van der Waals surface area contributed by atoms with Gasteiger partial charge < -0.3 is 4.90 Å². The largest absolute Gasteiger partial charge is 0.310 e. The molecule has 9 aromatic carbocycles. The summed E-state index contributed by atoms with van der Waals surface area (Å²) in [7, 11) is 0. The molecule has 0 atom stereocenters. The quantitative estimate of drug-likeness (QED) is 0.154. The van der Waals surface area contributed by atoms with Crippen LogP contribution < -0.4 is 4.90 Å². The number of rotatable bonds is 7. The van der Waals surface area contributed by atoms with Crippen LogP contribution in [0.15, 0.2) is 206 Å². The van der Waals surface area contributed by atoms with Crippen LogP contribution in [-0.2, 0) is 16.2 Å². The van der Waals surface area contributed by atoms with Crippen LogP contribution in [0.3, 0.4) is 0 Å². The van der Waals surface area contributed by atoms with Gasteiger partial charge in [0.1, 0.15) is 0 Å². The van der Waals surface area contributed by atoms with E-state index in [9.17, 15) is 0 Å². The second-order valence-corrected chi connectivity index (χ2v) is 21.0. The maximum absolute atomic E-state index is 2.54. The fraction of sp³-hybridized carbons (Fsp3) is 0.194. The molecule has 4 aliphatic rings. The van der Waals surface area contributed by atoms with Crippen molar-refractivity contribution in [1.29, 1.82) is 0 Å². The molecule has 1 saturated carbocycles. The lowest BCUT2D eigenvalue weighted by Crippen LogP contribution is -2.28. The fourth-order valence-corrected chi connectivity index (χ4v) is 13.6. The maximum atomic E-state index is 2.54. The first-order valence-electron chi connectivity index (χ1n) is 25.0. The SMILES string of the molecule is CC1(C)c2ccccc2-c2c(-c3cccc4c3C(C)(C)c3cc(N(c5ccc(C6CCCCC6)cc5)c5ccc6c(c5)C(c5ccccc5)(c5ccccc5)c5ccccc5-6)ccc3-4)cccc21. The van der Waals surface area contributed by atoms with E-state index in [1.807, 2.05) is 0 Å². The first-order chi connectivity index (χ1) is 33.3. The molecule has 0 spiro atoms. The molecule has 1 heteroatoms. The van der Waals surface area contributed by atoms with Gasteiger partial charge in [0.15, 0.2) is 0 Å². The van der Waals surface area contributed by atoms with Crippen LogP contribution in [-0.4, -0.2) is 0 Å². The number of anilines is 3. The van der Waals surface area contributed by atoms with Crippen molar-refractivity contribution in [2.75, 3.05) is 4.90 Å². The predicted octanol–water partition coefficient (Wildman–Crippen LogP) is 17.8. The van der Waals surface area contributed by atoms with Gasteiger partial charge in [-0.05, 0) is 150 Å². The Morgan fingerprint density at radius 3 is 1.51 bits per heavy atom. The van der Waals surface area contributed by atoms with Gasteiger partial charge in [0, 0.05) is 27.9 Å². The average molecular weight is 876 g/mol. The van der Waals surface area contributed by atoms with Gasteiger partial charge in [0.05, 0.1) is 5.41 Å². The van der Waals surface area contributed by atoms with E-state index in [-0.39, 0.29) is 10.8 Å². The van der Waals surface area contributed by atoms with Gasteiger partial charge in [-0.3, -0.25) is 0 Å². The number of benzene rings is 9. The molecule has 0 saturated heterocycles. The van der Waals surface area contributed by atoms with Gasteiger partial charge in [0.2, 0.25) is 0 Å². The molecule has 4 aliphatic carbocycles. The van der Waals surface area contributed by atoms with Crippen molar-refractivity contribution in [3.05, 3.63) is 256 Å². The third-order valence-corrected chi connectivity index (χ3v) is 16.7. The van der Waals surface area contributed by atoms with Gasteiger partial charge in [0.25, 0.3) is 0 Å². The van der Waals surface area contributed by atoms with E-state index in [1.165, 1.54) is 138 Å². The molecular weight excluding hydrogens is 819 g/mol. The first kappa shape index (κ1) is 41.0. The molecule has 68 heavy (non-hydrogen) atoms. The van der Waals surface area contributed by atoms with E-state index < -0.39 is 5.41 Å². The summed E-state index contributed by atoms with van der Waals surface area (Å²) in [5.41, 5.74) is 25.7. The second kappa shape index (κ2) is 15.4. The predicted molar refractivity (Wildman–Crippen MR) is 285 cm³/mol. The van der Waals surface area contributed by atoms with Gasteiger partial charge in [-0.25, -0.2) is 0 Å². The van der Waals surface area contributed by atoms with Crippen LogP contribution in [0.25, 0.3) is 44.5 Å². The van der Waals surface area contributed by atoms with Crippen molar-refractivity contribution < 1.29 is 0 Å². The highest BCUT2D eigenvalue weighted by atomic mass is 15.1. The maximum Gasteiger partial charge on any atom is 0.0714 e. The summed E-state index contributed by atoms with van der Waals surface area (Å²) in [5, 5.41) is 0. The molecule has 0 radical (unpaired) electrons. The molecule has 0 bridgehead atoms. The molecule has 1 nitrogen and oxygen atoms in total.